The molecule has 0 atom stereocenters. The van der Waals surface area contributed by atoms with E-state index >= 15 is 0 Å². The first-order valence-electron chi connectivity index (χ1n) is 2.88. The Kier molecular flexibility index (Phi) is 2.80. The Morgan fingerprint density at radius 2 is 2.40 bits per heavy atom. The topological polar surface area (TPSA) is 50.9 Å². The first kappa shape index (κ1) is 7.65. The fraction of sp³-hybridized carbons (Fsp3) is 0.167. The molecule has 0 aromatic carbocycles. The lowest BCUT2D eigenvalue weighted by atomic mass is 10.4. The van der Waals surface area contributed by atoms with Crippen LogP contribution in [0.25, 0.3) is 0 Å². The number of hydrogen-bond acceptors (Lipinski definition) is 3. The van der Waals surface area contributed by atoms with Crippen molar-refractivity contribution in [2.75, 3.05) is 0 Å². The molecule has 3 nitrogen and oxygen atoms in total. The lowest BCUT2D eigenvalue weighted by Gasteiger charge is -1.97. The molecule has 0 fully saturated rings. The Morgan fingerprint density at radius 3 is 3.00 bits per heavy atom. The van der Waals surface area contributed by atoms with E-state index in [1.54, 1.807) is 0 Å². The first-order chi connectivity index (χ1) is 4.83. The summed E-state index contributed by atoms with van der Waals surface area (Å²) in [5, 5.41) is 0. The first-order valence-corrected chi connectivity index (χ1v) is 3.67. The van der Waals surface area contributed by atoms with Gasteiger partial charge in [0, 0.05) is 0 Å². The molecule has 0 saturated heterocycles. The molecule has 3 N–H and O–H groups in total. The Hall–Kier alpha value is -0.450. The third-order valence-corrected chi connectivity index (χ3v) is 1.50. The van der Waals surface area contributed by atoms with Crippen LogP contribution < -0.4 is 11.3 Å². The van der Waals surface area contributed by atoms with Crippen LogP contribution in [0.5, 0.6) is 0 Å². The van der Waals surface area contributed by atoms with Gasteiger partial charge in [0.1, 0.15) is 4.60 Å². The molecule has 0 aliphatic rings. The molecule has 0 radical (unpaired) electrons. The normalized spacial score (nSPS) is 9.80. The molecule has 0 aliphatic heterocycles. The second-order valence-electron chi connectivity index (χ2n) is 1.83. The highest BCUT2D eigenvalue weighted by Crippen LogP contribution is 2.05. The monoisotopic (exact) mass is 201 g/mol. The summed E-state index contributed by atoms with van der Waals surface area (Å²) in [6.45, 7) is 0.597. The molecule has 0 bridgehead atoms. The van der Waals surface area contributed by atoms with Crippen LogP contribution in [0.15, 0.2) is 22.8 Å². The molecule has 0 aliphatic carbocycles. The van der Waals surface area contributed by atoms with E-state index in [0.29, 0.717) is 6.54 Å². The van der Waals surface area contributed by atoms with E-state index in [9.17, 15) is 0 Å². The predicted octanol–water partition coefficient (Wildman–Crippen LogP) is 0.807. The van der Waals surface area contributed by atoms with E-state index in [4.69, 9.17) is 5.84 Å². The number of hydrogen-bond donors (Lipinski definition) is 2. The number of pyridine rings is 1. The van der Waals surface area contributed by atoms with Gasteiger partial charge in [-0.25, -0.2) is 4.98 Å². The zero-order valence-electron chi connectivity index (χ0n) is 5.34. The zero-order chi connectivity index (χ0) is 7.40. The number of hydrazine groups is 1. The van der Waals surface area contributed by atoms with Crippen molar-refractivity contribution in [3.05, 3.63) is 28.5 Å². The highest BCUT2D eigenvalue weighted by molar-refractivity contribution is 9.10. The Bertz CT molecular complexity index is 214. The van der Waals surface area contributed by atoms with E-state index < -0.39 is 0 Å². The fourth-order valence-corrected chi connectivity index (χ4v) is 1.03. The second-order valence-corrected chi connectivity index (χ2v) is 2.65. The number of nitrogens with one attached hydrogen (secondary N) is 1. The van der Waals surface area contributed by atoms with Crippen LogP contribution in [-0.4, -0.2) is 4.98 Å². The summed E-state index contributed by atoms with van der Waals surface area (Å²) in [6, 6.07) is 5.70. The molecular formula is C6H8BrN3. The van der Waals surface area contributed by atoms with Crippen LogP contribution in [0, 0.1) is 0 Å². The summed E-state index contributed by atoms with van der Waals surface area (Å²) in [5.74, 6) is 5.11. The quantitative estimate of drug-likeness (QED) is 0.423. The largest absolute Gasteiger partial charge is 0.271 e. The second kappa shape index (κ2) is 3.65. The molecule has 10 heavy (non-hydrogen) atoms. The minimum absolute atomic E-state index is 0.597. The summed E-state index contributed by atoms with van der Waals surface area (Å²) in [6.07, 6.45) is 0. The number of rotatable bonds is 2. The summed E-state index contributed by atoms with van der Waals surface area (Å²) in [7, 11) is 0. The average molecular weight is 202 g/mol. The third-order valence-electron chi connectivity index (χ3n) is 1.06. The summed E-state index contributed by atoms with van der Waals surface area (Å²) < 4.78 is 0.834. The van der Waals surface area contributed by atoms with E-state index in [-0.39, 0.29) is 0 Å². The van der Waals surface area contributed by atoms with Crippen molar-refractivity contribution in [1.82, 2.24) is 10.4 Å². The zero-order valence-corrected chi connectivity index (χ0v) is 6.93. The molecule has 54 valence electrons. The van der Waals surface area contributed by atoms with Crippen molar-refractivity contribution in [3.63, 3.8) is 0 Å². The van der Waals surface area contributed by atoms with Crippen LogP contribution in [0.1, 0.15) is 5.69 Å². The molecule has 1 aromatic heterocycles. The lowest BCUT2D eigenvalue weighted by molar-refractivity contribution is 0.721. The van der Waals surface area contributed by atoms with Crippen LogP contribution in [0.3, 0.4) is 0 Å². The number of nitrogens with zero attached hydrogens (tertiary/aromatic N) is 1. The van der Waals surface area contributed by atoms with Crippen molar-refractivity contribution in [2.45, 2.75) is 6.54 Å². The molecule has 0 spiro atoms. The van der Waals surface area contributed by atoms with Gasteiger partial charge in [0.2, 0.25) is 0 Å². The molecule has 1 aromatic rings. The minimum atomic E-state index is 0.597. The maximum atomic E-state index is 5.11. The van der Waals surface area contributed by atoms with Gasteiger partial charge in [-0.15, -0.1) is 0 Å². The number of aromatic nitrogens is 1. The average Bonchev–Trinajstić information content (AvgIpc) is 1.88. The van der Waals surface area contributed by atoms with E-state index in [0.717, 1.165) is 10.3 Å². The van der Waals surface area contributed by atoms with Gasteiger partial charge in [0.05, 0.1) is 12.2 Å². The smallest absolute Gasteiger partial charge is 0.106 e. The van der Waals surface area contributed by atoms with Crippen LogP contribution >= 0.6 is 15.9 Å². The Morgan fingerprint density at radius 1 is 1.60 bits per heavy atom. The molecule has 4 heteroatoms. The van der Waals surface area contributed by atoms with Gasteiger partial charge in [0.15, 0.2) is 0 Å². The van der Waals surface area contributed by atoms with E-state index in [1.807, 2.05) is 18.2 Å². The molecule has 1 rings (SSSR count). The maximum Gasteiger partial charge on any atom is 0.106 e. The van der Waals surface area contributed by atoms with Gasteiger partial charge in [-0.2, -0.15) is 0 Å². The van der Waals surface area contributed by atoms with Crippen molar-refractivity contribution < 1.29 is 0 Å². The fourth-order valence-electron chi connectivity index (χ4n) is 0.653. The maximum absolute atomic E-state index is 5.11. The Labute approximate surface area is 67.7 Å². The van der Waals surface area contributed by atoms with Gasteiger partial charge in [-0.3, -0.25) is 11.3 Å². The lowest BCUT2D eigenvalue weighted by Crippen LogP contribution is -2.21. The van der Waals surface area contributed by atoms with Crippen molar-refractivity contribution in [2.24, 2.45) is 5.84 Å². The number of nitrogens with two attached hydrogens (primary N) is 1. The predicted molar refractivity (Wildman–Crippen MR) is 43.0 cm³/mol. The molecular weight excluding hydrogens is 194 g/mol. The van der Waals surface area contributed by atoms with Crippen LogP contribution in [0.4, 0.5) is 0 Å². The molecule has 1 heterocycles. The van der Waals surface area contributed by atoms with Crippen molar-refractivity contribution >= 4 is 15.9 Å². The van der Waals surface area contributed by atoms with E-state index in [2.05, 4.69) is 26.3 Å². The molecule has 0 saturated carbocycles. The van der Waals surface area contributed by atoms with Crippen molar-refractivity contribution in [1.29, 1.82) is 0 Å². The summed E-state index contributed by atoms with van der Waals surface area (Å²) in [4.78, 5) is 4.14. The highest BCUT2D eigenvalue weighted by atomic mass is 79.9. The van der Waals surface area contributed by atoms with Gasteiger partial charge >= 0.3 is 0 Å². The van der Waals surface area contributed by atoms with Gasteiger partial charge < -0.3 is 0 Å². The third kappa shape index (κ3) is 2.06. The SMILES string of the molecule is NNCc1cccc(Br)n1. The highest BCUT2D eigenvalue weighted by Gasteiger charge is 1.91. The van der Waals surface area contributed by atoms with Gasteiger partial charge in [-0.05, 0) is 28.1 Å². The van der Waals surface area contributed by atoms with E-state index in [1.165, 1.54) is 0 Å². The molecule has 0 unspecified atom stereocenters. The molecule has 0 amide bonds. The van der Waals surface area contributed by atoms with Crippen molar-refractivity contribution in [3.8, 4) is 0 Å². The van der Waals surface area contributed by atoms with Crippen LogP contribution in [0.2, 0.25) is 0 Å². The van der Waals surface area contributed by atoms with Gasteiger partial charge in [-0.1, -0.05) is 6.07 Å². The summed E-state index contributed by atoms with van der Waals surface area (Å²) in [5.41, 5.74) is 3.46. The standard InChI is InChI=1S/C6H8BrN3/c7-6-3-1-2-5(10-6)4-9-8/h1-3,9H,4,8H2. The number of halogens is 1. The Balaban J connectivity index is 2.75. The van der Waals surface area contributed by atoms with Gasteiger partial charge in [0.25, 0.3) is 0 Å². The minimum Gasteiger partial charge on any atom is -0.271 e. The van der Waals surface area contributed by atoms with Crippen LogP contribution in [-0.2, 0) is 6.54 Å². The summed E-state index contributed by atoms with van der Waals surface area (Å²) >= 11 is 3.25.